The highest BCUT2D eigenvalue weighted by atomic mass is 32.2. The van der Waals surface area contributed by atoms with Crippen LogP contribution in [-0.2, 0) is 14.8 Å². The van der Waals surface area contributed by atoms with Crippen molar-refractivity contribution in [3.8, 4) is 0 Å². The molecule has 106 valence electrons. The number of rotatable bonds is 8. The normalized spacial score (nSPS) is 15.4. The maximum Gasteiger partial charge on any atom is 0.240 e. The first-order valence-corrected chi connectivity index (χ1v) is 7.74. The van der Waals surface area contributed by atoms with Crippen LogP contribution >= 0.6 is 0 Å². The van der Waals surface area contributed by atoms with E-state index in [0.717, 1.165) is 6.61 Å². The molecule has 0 bridgehead atoms. The summed E-state index contributed by atoms with van der Waals surface area (Å²) in [6.45, 7) is 1.42. The fourth-order valence-corrected chi connectivity index (χ4v) is 2.61. The van der Waals surface area contributed by atoms with Gasteiger partial charge in [-0.05, 0) is 43.0 Å². The van der Waals surface area contributed by atoms with Crippen LogP contribution in [-0.4, -0.2) is 28.2 Å². The number of sulfonamides is 1. The second kappa shape index (κ2) is 6.33. The molecule has 0 atom stereocenters. The number of nitrogens with two attached hydrogens (primary N) is 1. The summed E-state index contributed by atoms with van der Waals surface area (Å²) in [5.41, 5.74) is 3.11. The van der Waals surface area contributed by atoms with Crippen molar-refractivity contribution < 1.29 is 13.2 Å². The number of hydrazine groups is 1. The number of nitrogens with one attached hydrogen (secondary N) is 2. The van der Waals surface area contributed by atoms with Crippen LogP contribution in [0, 0.1) is 5.92 Å². The minimum atomic E-state index is -3.47. The van der Waals surface area contributed by atoms with Gasteiger partial charge in [-0.25, -0.2) is 13.1 Å². The maximum absolute atomic E-state index is 11.9. The minimum absolute atomic E-state index is 0.216. The fraction of sp³-hybridized carbons (Fsp3) is 0.500. The standard InChI is InChI=1S/C12H19N3O3S/c13-15-11-3-5-12(6-4-11)19(16,17)14-7-8-18-9-10-1-2-10/h3-6,10,14-15H,1-2,7-9,13H2. The number of hydrogen-bond acceptors (Lipinski definition) is 5. The quantitative estimate of drug-likeness (QED) is 0.371. The highest BCUT2D eigenvalue weighted by Gasteiger charge is 2.21. The van der Waals surface area contributed by atoms with E-state index in [0.29, 0.717) is 18.2 Å². The third-order valence-corrected chi connectivity index (χ3v) is 4.40. The van der Waals surface area contributed by atoms with E-state index in [1.165, 1.54) is 25.0 Å². The average Bonchev–Trinajstić information content (AvgIpc) is 3.22. The van der Waals surface area contributed by atoms with E-state index in [-0.39, 0.29) is 11.4 Å². The third-order valence-electron chi connectivity index (χ3n) is 2.92. The van der Waals surface area contributed by atoms with Gasteiger partial charge in [-0.2, -0.15) is 0 Å². The lowest BCUT2D eigenvalue weighted by Crippen LogP contribution is -2.27. The zero-order valence-corrected chi connectivity index (χ0v) is 11.4. The van der Waals surface area contributed by atoms with Crippen molar-refractivity contribution >= 4 is 15.7 Å². The van der Waals surface area contributed by atoms with E-state index in [1.54, 1.807) is 12.1 Å². The summed E-state index contributed by atoms with van der Waals surface area (Å²) in [5.74, 6) is 5.91. The number of nitrogen functional groups attached to an aromatic ring is 1. The summed E-state index contributed by atoms with van der Waals surface area (Å²) < 4.78 is 31.7. The van der Waals surface area contributed by atoms with Crippen molar-refractivity contribution in [2.45, 2.75) is 17.7 Å². The number of ether oxygens (including phenoxy) is 1. The smallest absolute Gasteiger partial charge is 0.240 e. The molecule has 1 aromatic carbocycles. The Hall–Kier alpha value is -1.15. The molecule has 0 amide bonds. The molecule has 1 saturated carbocycles. The molecular formula is C12H19N3O3S. The van der Waals surface area contributed by atoms with Gasteiger partial charge in [0, 0.05) is 18.8 Å². The molecule has 0 heterocycles. The molecule has 4 N–H and O–H groups in total. The topological polar surface area (TPSA) is 93.5 Å². The van der Waals surface area contributed by atoms with Crippen molar-refractivity contribution in [1.29, 1.82) is 0 Å². The molecule has 0 saturated heterocycles. The van der Waals surface area contributed by atoms with Gasteiger partial charge in [0.25, 0.3) is 0 Å². The average molecular weight is 285 g/mol. The van der Waals surface area contributed by atoms with E-state index < -0.39 is 10.0 Å². The van der Waals surface area contributed by atoms with Crippen LogP contribution in [0.3, 0.4) is 0 Å². The first kappa shape index (κ1) is 14.3. The van der Waals surface area contributed by atoms with Gasteiger partial charge in [-0.3, -0.25) is 5.84 Å². The first-order valence-electron chi connectivity index (χ1n) is 6.26. The summed E-state index contributed by atoms with van der Waals surface area (Å²) in [4.78, 5) is 0.216. The molecule has 6 nitrogen and oxygen atoms in total. The Kier molecular flexibility index (Phi) is 4.76. The van der Waals surface area contributed by atoms with Gasteiger partial charge in [0.1, 0.15) is 0 Å². The van der Waals surface area contributed by atoms with Gasteiger partial charge in [-0.1, -0.05) is 0 Å². The van der Waals surface area contributed by atoms with Crippen LogP contribution < -0.4 is 16.0 Å². The molecule has 0 aromatic heterocycles. The van der Waals surface area contributed by atoms with Gasteiger partial charge in [-0.15, -0.1) is 0 Å². The number of benzene rings is 1. The number of hydrogen-bond donors (Lipinski definition) is 3. The lowest BCUT2D eigenvalue weighted by molar-refractivity contribution is 0.129. The molecule has 2 rings (SSSR count). The van der Waals surface area contributed by atoms with Crippen LogP contribution in [0.2, 0.25) is 0 Å². The van der Waals surface area contributed by atoms with E-state index in [9.17, 15) is 8.42 Å². The van der Waals surface area contributed by atoms with Crippen molar-refractivity contribution in [2.75, 3.05) is 25.2 Å². The fourth-order valence-electron chi connectivity index (χ4n) is 1.60. The van der Waals surface area contributed by atoms with Crippen LogP contribution in [0.15, 0.2) is 29.2 Å². The second-order valence-corrected chi connectivity index (χ2v) is 6.35. The molecule has 0 aliphatic heterocycles. The van der Waals surface area contributed by atoms with Gasteiger partial charge in [0.15, 0.2) is 0 Å². The molecule has 0 radical (unpaired) electrons. The summed E-state index contributed by atoms with van der Waals surface area (Å²) in [7, 11) is -3.47. The highest BCUT2D eigenvalue weighted by molar-refractivity contribution is 7.89. The maximum atomic E-state index is 11.9. The Morgan fingerprint density at radius 1 is 1.26 bits per heavy atom. The monoisotopic (exact) mass is 285 g/mol. The van der Waals surface area contributed by atoms with Gasteiger partial charge >= 0.3 is 0 Å². The third kappa shape index (κ3) is 4.46. The molecule has 1 aliphatic carbocycles. The Bertz CT molecular complexity index is 497. The van der Waals surface area contributed by atoms with Crippen LogP contribution in [0.5, 0.6) is 0 Å². The minimum Gasteiger partial charge on any atom is -0.380 e. The van der Waals surface area contributed by atoms with Gasteiger partial charge < -0.3 is 10.2 Å². The predicted octanol–water partition coefficient (Wildman–Crippen LogP) is 0.677. The molecule has 19 heavy (non-hydrogen) atoms. The molecule has 7 heteroatoms. The molecule has 1 fully saturated rings. The van der Waals surface area contributed by atoms with Crippen molar-refractivity contribution in [3.63, 3.8) is 0 Å². The largest absolute Gasteiger partial charge is 0.380 e. The SMILES string of the molecule is NNc1ccc(S(=O)(=O)NCCOCC2CC2)cc1. The van der Waals surface area contributed by atoms with Gasteiger partial charge in [0.05, 0.1) is 11.5 Å². The van der Waals surface area contributed by atoms with E-state index >= 15 is 0 Å². The van der Waals surface area contributed by atoms with E-state index in [4.69, 9.17) is 10.6 Å². The Morgan fingerprint density at radius 3 is 2.53 bits per heavy atom. The van der Waals surface area contributed by atoms with Crippen molar-refractivity contribution in [2.24, 2.45) is 11.8 Å². The summed E-state index contributed by atoms with van der Waals surface area (Å²) in [5, 5.41) is 0. The number of anilines is 1. The van der Waals surface area contributed by atoms with Crippen molar-refractivity contribution in [1.82, 2.24) is 4.72 Å². The molecule has 1 aliphatic rings. The van der Waals surface area contributed by atoms with E-state index in [2.05, 4.69) is 10.1 Å². The summed E-state index contributed by atoms with van der Waals surface area (Å²) in [6, 6.07) is 6.22. The van der Waals surface area contributed by atoms with Gasteiger partial charge in [0.2, 0.25) is 10.0 Å². The van der Waals surface area contributed by atoms with Crippen LogP contribution in [0.4, 0.5) is 5.69 Å². The highest BCUT2D eigenvalue weighted by Crippen LogP contribution is 2.28. The first-order chi connectivity index (χ1) is 9.12. The van der Waals surface area contributed by atoms with Crippen LogP contribution in [0.1, 0.15) is 12.8 Å². The van der Waals surface area contributed by atoms with E-state index in [1.807, 2.05) is 0 Å². The predicted molar refractivity (Wildman–Crippen MR) is 73.0 cm³/mol. The molecule has 0 unspecified atom stereocenters. The second-order valence-electron chi connectivity index (χ2n) is 4.58. The zero-order valence-electron chi connectivity index (χ0n) is 10.6. The molecule has 0 spiro atoms. The molecule has 1 aromatic rings. The Labute approximate surface area is 113 Å². The Balaban J connectivity index is 1.78. The van der Waals surface area contributed by atoms with Crippen LogP contribution in [0.25, 0.3) is 0 Å². The summed E-state index contributed by atoms with van der Waals surface area (Å²) in [6.07, 6.45) is 2.46. The van der Waals surface area contributed by atoms with Crippen molar-refractivity contribution in [3.05, 3.63) is 24.3 Å². The lowest BCUT2D eigenvalue weighted by atomic mass is 10.3. The lowest BCUT2D eigenvalue weighted by Gasteiger charge is -2.08. The molecular weight excluding hydrogens is 266 g/mol. The zero-order chi connectivity index (χ0) is 13.7. The Morgan fingerprint density at radius 2 is 1.95 bits per heavy atom. The summed E-state index contributed by atoms with van der Waals surface area (Å²) >= 11 is 0.